The zero-order valence-corrected chi connectivity index (χ0v) is 9.50. The van der Waals surface area contributed by atoms with Crippen molar-refractivity contribution in [2.24, 2.45) is 5.92 Å². The van der Waals surface area contributed by atoms with Crippen molar-refractivity contribution in [2.45, 2.75) is 13.8 Å². The summed E-state index contributed by atoms with van der Waals surface area (Å²) >= 11 is 0. The fraction of sp³-hybridized carbons (Fsp3) is 0.231. The first-order chi connectivity index (χ1) is 8.00. The summed E-state index contributed by atoms with van der Waals surface area (Å²) in [5, 5.41) is 0.426. The monoisotopic (exact) mass is 235 g/mol. The summed E-state index contributed by atoms with van der Waals surface area (Å²) in [6.45, 7) is 3.55. The Morgan fingerprint density at radius 1 is 1.29 bits per heavy atom. The van der Waals surface area contributed by atoms with E-state index >= 15 is 0 Å². The Balaban J connectivity index is 2.60. The number of ketones is 1. The highest BCUT2D eigenvalue weighted by molar-refractivity contribution is 5.99. The number of hydrogen-bond acceptors (Lipinski definition) is 2. The van der Waals surface area contributed by atoms with Gasteiger partial charge in [-0.2, -0.15) is 0 Å². The second kappa shape index (κ2) is 4.20. The maximum absolute atomic E-state index is 13.4. The first-order valence-corrected chi connectivity index (χ1v) is 5.28. The van der Waals surface area contributed by atoms with E-state index in [0.717, 1.165) is 6.07 Å². The van der Waals surface area contributed by atoms with Crippen molar-refractivity contribution in [3.8, 4) is 0 Å². The van der Waals surface area contributed by atoms with Crippen LogP contribution < -0.4 is 0 Å². The third kappa shape index (κ3) is 2.02. The van der Waals surface area contributed by atoms with Gasteiger partial charge >= 0.3 is 0 Å². The molecule has 0 saturated heterocycles. The third-order valence-electron chi connectivity index (χ3n) is 2.55. The summed E-state index contributed by atoms with van der Waals surface area (Å²) in [6.07, 6.45) is 1.28. The van der Waals surface area contributed by atoms with Gasteiger partial charge in [-0.3, -0.25) is 9.78 Å². The van der Waals surface area contributed by atoms with Gasteiger partial charge in [0, 0.05) is 23.1 Å². The number of benzene rings is 1. The van der Waals surface area contributed by atoms with Gasteiger partial charge in [0.1, 0.15) is 5.52 Å². The van der Waals surface area contributed by atoms with Gasteiger partial charge in [-0.25, -0.2) is 8.78 Å². The Hall–Kier alpha value is -1.84. The normalized spacial score (nSPS) is 11.1. The third-order valence-corrected chi connectivity index (χ3v) is 2.55. The number of hydrogen-bond donors (Lipinski definition) is 0. The second-order valence-corrected chi connectivity index (χ2v) is 4.18. The highest BCUT2D eigenvalue weighted by Crippen LogP contribution is 2.20. The molecule has 0 aliphatic rings. The molecule has 2 nitrogen and oxygen atoms in total. The molecule has 0 N–H and O–H groups in total. The lowest BCUT2D eigenvalue weighted by Crippen LogP contribution is -2.08. The molecule has 0 radical (unpaired) electrons. The van der Waals surface area contributed by atoms with E-state index in [1.807, 2.05) is 0 Å². The number of fused-ring (bicyclic) bond motifs is 1. The highest BCUT2D eigenvalue weighted by Gasteiger charge is 2.14. The smallest absolute Gasteiger partial charge is 0.184 e. The van der Waals surface area contributed by atoms with Crippen LogP contribution >= 0.6 is 0 Å². The largest absolute Gasteiger partial charge is 0.294 e. The summed E-state index contributed by atoms with van der Waals surface area (Å²) in [6, 6.07) is 3.98. The predicted molar refractivity (Wildman–Crippen MR) is 60.8 cm³/mol. The zero-order chi connectivity index (χ0) is 12.6. The molecule has 0 aliphatic heterocycles. The van der Waals surface area contributed by atoms with Crippen LogP contribution in [0.1, 0.15) is 24.2 Å². The summed E-state index contributed by atoms with van der Waals surface area (Å²) in [5.41, 5.74) is 0.365. The predicted octanol–water partition coefficient (Wildman–Crippen LogP) is 3.35. The quantitative estimate of drug-likeness (QED) is 0.747. The van der Waals surface area contributed by atoms with E-state index in [9.17, 15) is 13.6 Å². The van der Waals surface area contributed by atoms with Crippen LogP contribution in [0.4, 0.5) is 8.78 Å². The average Bonchev–Trinajstić information content (AvgIpc) is 2.32. The molecule has 2 rings (SSSR count). The SMILES string of the molecule is CC(C)C(=O)c1cnc2c(F)c(F)ccc2c1. The standard InChI is InChI=1S/C13H11F2NO/c1-7(2)13(17)9-5-8-3-4-10(14)11(15)12(8)16-6-9/h3-7H,1-2H3. The number of pyridine rings is 1. The second-order valence-electron chi connectivity index (χ2n) is 4.18. The molecule has 4 heteroatoms. The first-order valence-electron chi connectivity index (χ1n) is 5.28. The lowest BCUT2D eigenvalue weighted by molar-refractivity contribution is 0.0939. The minimum atomic E-state index is -0.981. The number of aromatic nitrogens is 1. The maximum atomic E-state index is 13.4. The Labute approximate surface area is 97.3 Å². The Morgan fingerprint density at radius 3 is 2.65 bits per heavy atom. The van der Waals surface area contributed by atoms with Crippen molar-refractivity contribution in [1.29, 1.82) is 0 Å². The van der Waals surface area contributed by atoms with Gasteiger partial charge in [-0.15, -0.1) is 0 Å². The molecule has 0 spiro atoms. The number of carbonyl (C=O) groups is 1. The van der Waals surface area contributed by atoms with Gasteiger partial charge in [0.15, 0.2) is 17.4 Å². The molecule has 1 heterocycles. The van der Waals surface area contributed by atoms with Gasteiger partial charge < -0.3 is 0 Å². The van der Waals surface area contributed by atoms with E-state index in [2.05, 4.69) is 4.98 Å². The maximum Gasteiger partial charge on any atom is 0.184 e. The Kier molecular flexibility index (Phi) is 2.88. The molecule has 0 saturated carbocycles. The summed E-state index contributed by atoms with van der Waals surface area (Å²) in [4.78, 5) is 15.5. The molecule has 0 aliphatic carbocycles. The molecule has 0 bridgehead atoms. The highest BCUT2D eigenvalue weighted by atomic mass is 19.2. The van der Waals surface area contributed by atoms with Crippen LogP contribution in [0, 0.1) is 17.6 Å². The van der Waals surface area contributed by atoms with Crippen LogP contribution in [-0.4, -0.2) is 10.8 Å². The fourth-order valence-electron chi connectivity index (χ4n) is 1.61. The van der Waals surface area contributed by atoms with E-state index in [4.69, 9.17) is 0 Å². The summed E-state index contributed by atoms with van der Waals surface area (Å²) < 4.78 is 26.3. The molecular formula is C13H11F2NO. The number of rotatable bonds is 2. The van der Waals surface area contributed by atoms with Crippen molar-refractivity contribution in [3.05, 3.63) is 41.6 Å². The van der Waals surface area contributed by atoms with Gasteiger partial charge in [-0.05, 0) is 18.2 Å². The molecule has 0 fully saturated rings. The van der Waals surface area contributed by atoms with Crippen LogP contribution in [-0.2, 0) is 0 Å². The average molecular weight is 235 g/mol. The molecule has 17 heavy (non-hydrogen) atoms. The van der Waals surface area contributed by atoms with Gasteiger partial charge in [-0.1, -0.05) is 13.8 Å². The molecule has 0 amide bonds. The Bertz CT molecular complexity index is 593. The van der Waals surface area contributed by atoms with Crippen LogP contribution in [0.2, 0.25) is 0 Å². The zero-order valence-electron chi connectivity index (χ0n) is 9.50. The van der Waals surface area contributed by atoms with Crippen LogP contribution in [0.25, 0.3) is 10.9 Å². The molecule has 1 aromatic carbocycles. The van der Waals surface area contributed by atoms with E-state index in [0.29, 0.717) is 10.9 Å². The van der Waals surface area contributed by atoms with Gasteiger partial charge in [0.05, 0.1) is 0 Å². The van der Waals surface area contributed by atoms with Gasteiger partial charge in [0.2, 0.25) is 0 Å². The summed E-state index contributed by atoms with van der Waals surface area (Å²) in [5.74, 6) is -2.14. The van der Waals surface area contributed by atoms with E-state index in [1.54, 1.807) is 13.8 Å². The first kappa shape index (κ1) is 11.6. The minimum Gasteiger partial charge on any atom is -0.294 e. The van der Waals surface area contributed by atoms with E-state index in [1.165, 1.54) is 18.3 Å². The molecule has 0 atom stereocenters. The molecule has 2 aromatic rings. The van der Waals surface area contributed by atoms with Crippen molar-refractivity contribution in [2.75, 3.05) is 0 Å². The summed E-state index contributed by atoms with van der Waals surface area (Å²) in [7, 11) is 0. The van der Waals surface area contributed by atoms with E-state index < -0.39 is 11.6 Å². The number of halogens is 2. The number of Topliss-reactive ketones (excluding diaryl/α,β-unsaturated/α-hetero) is 1. The van der Waals surface area contributed by atoms with Crippen molar-refractivity contribution >= 4 is 16.7 Å². The van der Waals surface area contributed by atoms with Crippen LogP contribution in [0.3, 0.4) is 0 Å². The Morgan fingerprint density at radius 2 is 2.00 bits per heavy atom. The molecule has 0 unspecified atom stereocenters. The van der Waals surface area contributed by atoms with Crippen LogP contribution in [0.5, 0.6) is 0 Å². The fourth-order valence-corrected chi connectivity index (χ4v) is 1.61. The molecular weight excluding hydrogens is 224 g/mol. The lowest BCUT2D eigenvalue weighted by atomic mass is 10.0. The molecule has 88 valence electrons. The number of nitrogens with zero attached hydrogens (tertiary/aromatic N) is 1. The van der Waals surface area contributed by atoms with Crippen molar-refractivity contribution < 1.29 is 13.6 Å². The van der Waals surface area contributed by atoms with Gasteiger partial charge in [0.25, 0.3) is 0 Å². The van der Waals surface area contributed by atoms with Crippen LogP contribution in [0.15, 0.2) is 24.4 Å². The lowest BCUT2D eigenvalue weighted by Gasteiger charge is -2.05. The van der Waals surface area contributed by atoms with Crippen molar-refractivity contribution in [1.82, 2.24) is 4.98 Å². The number of carbonyl (C=O) groups excluding carboxylic acids is 1. The topological polar surface area (TPSA) is 30.0 Å². The molecule has 1 aromatic heterocycles. The van der Waals surface area contributed by atoms with Crippen molar-refractivity contribution in [3.63, 3.8) is 0 Å². The minimum absolute atomic E-state index is 0.0506. The van der Waals surface area contributed by atoms with E-state index in [-0.39, 0.29) is 17.2 Å².